The van der Waals surface area contributed by atoms with Gasteiger partial charge in [0.15, 0.2) is 0 Å². The molecule has 5 radical (unpaired) electrons. The highest BCUT2D eigenvalue weighted by molar-refractivity contribution is 5.83. The van der Waals surface area contributed by atoms with E-state index in [2.05, 4.69) is 70.9 Å². The maximum atomic E-state index is 12.2. The van der Waals surface area contributed by atoms with E-state index in [1.807, 2.05) is 44.1 Å². The van der Waals surface area contributed by atoms with Crippen molar-refractivity contribution in [2.24, 2.45) is 5.41 Å². The van der Waals surface area contributed by atoms with E-state index in [1.165, 1.54) is 48.0 Å². The molecule has 34 heavy (non-hydrogen) atoms. The summed E-state index contributed by atoms with van der Waals surface area (Å²) in [7, 11) is 0. The molecular formula is C32H37O2. The van der Waals surface area contributed by atoms with Crippen molar-refractivity contribution in [3.8, 4) is 0 Å². The summed E-state index contributed by atoms with van der Waals surface area (Å²) < 4.78 is 5.41. The summed E-state index contributed by atoms with van der Waals surface area (Å²) in [5, 5.41) is 0. The molecule has 0 amide bonds. The van der Waals surface area contributed by atoms with Gasteiger partial charge in [0.2, 0.25) is 0 Å². The van der Waals surface area contributed by atoms with Gasteiger partial charge in [-0.05, 0) is 93.4 Å². The van der Waals surface area contributed by atoms with Crippen LogP contribution in [0.5, 0.6) is 0 Å². The van der Waals surface area contributed by atoms with E-state index in [0.29, 0.717) is 0 Å². The molecule has 0 spiro atoms. The minimum Gasteiger partial charge on any atom is -0.458 e. The molecule has 0 bridgehead atoms. The fraction of sp³-hybridized carbons (Fsp3) is 0.312. The lowest BCUT2D eigenvalue weighted by Crippen LogP contribution is -2.19. The van der Waals surface area contributed by atoms with Gasteiger partial charge in [0.25, 0.3) is 0 Å². The number of ether oxygens (including phenoxy) is 1. The molecule has 0 atom stereocenters. The van der Waals surface area contributed by atoms with Crippen LogP contribution in [0.15, 0.2) is 83.0 Å². The zero-order valence-electron chi connectivity index (χ0n) is 21.2. The van der Waals surface area contributed by atoms with E-state index < -0.39 is 0 Å². The minimum atomic E-state index is -0.329. The van der Waals surface area contributed by atoms with Crippen LogP contribution in [0.2, 0.25) is 0 Å². The third kappa shape index (κ3) is 7.72. The highest BCUT2D eigenvalue weighted by atomic mass is 16.5. The van der Waals surface area contributed by atoms with Crippen molar-refractivity contribution >= 4 is 5.97 Å². The van der Waals surface area contributed by atoms with Crippen molar-refractivity contribution in [1.82, 2.24) is 0 Å². The van der Waals surface area contributed by atoms with E-state index in [9.17, 15) is 4.79 Å². The summed E-state index contributed by atoms with van der Waals surface area (Å²) in [6, 6.07) is 8.11. The highest BCUT2D eigenvalue weighted by Crippen LogP contribution is 2.40. The van der Waals surface area contributed by atoms with E-state index in [-0.39, 0.29) is 18.0 Å². The fourth-order valence-corrected chi connectivity index (χ4v) is 4.42. The smallest absolute Gasteiger partial charge is 0.331 e. The summed E-state index contributed by atoms with van der Waals surface area (Å²) in [5.74, 6) is 0.864. The normalized spacial score (nSPS) is 20.0. The molecule has 0 unspecified atom stereocenters. The van der Waals surface area contributed by atoms with Gasteiger partial charge < -0.3 is 4.74 Å². The first-order chi connectivity index (χ1) is 16.2. The number of carbonyl (C=O) groups excluding carboxylic acids is 1. The van der Waals surface area contributed by atoms with Crippen LogP contribution in [0.25, 0.3) is 0 Å². The largest absolute Gasteiger partial charge is 0.458 e. The maximum absolute atomic E-state index is 12.2. The second kappa shape index (κ2) is 12.2. The van der Waals surface area contributed by atoms with Gasteiger partial charge in [-0.2, -0.15) is 0 Å². The lowest BCUT2D eigenvalue weighted by molar-refractivity contribution is -0.139. The Kier molecular flexibility index (Phi) is 9.33. The molecule has 1 aromatic rings. The zero-order chi connectivity index (χ0) is 24.6. The predicted octanol–water partition coefficient (Wildman–Crippen LogP) is 8.01. The van der Waals surface area contributed by atoms with Crippen LogP contribution in [0, 0.1) is 37.0 Å². The molecule has 2 nitrogen and oxygen atoms in total. The van der Waals surface area contributed by atoms with E-state index >= 15 is 0 Å². The number of rotatable bonds is 8. The van der Waals surface area contributed by atoms with E-state index in [4.69, 9.17) is 4.74 Å². The third-order valence-corrected chi connectivity index (χ3v) is 6.45. The van der Waals surface area contributed by atoms with Gasteiger partial charge in [0, 0.05) is 12.0 Å². The van der Waals surface area contributed by atoms with Crippen molar-refractivity contribution in [1.29, 1.82) is 0 Å². The monoisotopic (exact) mass is 453 g/mol. The third-order valence-electron chi connectivity index (χ3n) is 6.45. The molecule has 2 aliphatic carbocycles. The van der Waals surface area contributed by atoms with Crippen molar-refractivity contribution in [3.63, 3.8) is 0 Å². The molecule has 2 heteroatoms. The number of benzene rings is 1. The molecule has 3 rings (SSSR count). The van der Waals surface area contributed by atoms with E-state index in [1.54, 1.807) is 0 Å². The summed E-state index contributed by atoms with van der Waals surface area (Å²) in [5.41, 5.74) is 7.40. The van der Waals surface area contributed by atoms with Crippen LogP contribution < -0.4 is 0 Å². The molecule has 0 aromatic heterocycles. The number of carbonyl (C=O) groups is 1. The van der Waals surface area contributed by atoms with Gasteiger partial charge in [0.1, 0.15) is 6.61 Å². The molecule has 1 aromatic carbocycles. The van der Waals surface area contributed by atoms with Crippen LogP contribution in [0.1, 0.15) is 65.0 Å². The van der Waals surface area contributed by atoms with Crippen molar-refractivity contribution in [2.75, 3.05) is 0 Å². The summed E-state index contributed by atoms with van der Waals surface area (Å²) in [6.45, 7) is 11.2. The molecule has 0 saturated heterocycles. The summed E-state index contributed by atoms with van der Waals surface area (Å²) in [6.07, 6.45) is 23.9. The summed E-state index contributed by atoms with van der Waals surface area (Å²) in [4.78, 5) is 12.2. The molecule has 0 aliphatic heterocycles. The molecule has 0 N–H and O–H groups in total. The number of hydrogen-bond donors (Lipinski definition) is 0. The van der Waals surface area contributed by atoms with Crippen molar-refractivity contribution < 1.29 is 9.53 Å². The first kappa shape index (κ1) is 26.0. The molecule has 1 fully saturated rings. The highest BCUT2D eigenvalue weighted by Gasteiger charge is 2.26. The Labute approximate surface area is 207 Å². The Hall–Kier alpha value is -2.61. The average Bonchev–Trinajstić information content (AvgIpc) is 3.32. The zero-order valence-corrected chi connectivity index (χ0v) is 21.2. The minimum absolute atomic E-state index is 0.250. The van der Waals surface area contributed by atoms with Gasteiger partial charge in [-0.25, -0.2) is 4.79 Å². The molecular weight excluding hydrogens is 416 g/mol. The number of allylic oxidation sites excluding steroid dienone is 9. The van der Waals surface area contributed by atoms with Crippen molar-refractivity contribution in [3.05, 3.63) is 126 Å². The van der Waals surface area contributed by atoms with Gasteiger partial charge in [-0.1, -0.05) is 79.6 Å². The Balaban J connectivity index is 1.48. The summed E-state index contributed by atoms with van der Waals surface area (Å²) >= 11 is 0. The lowest BCUT2D eigenvalue weighted by atomic mass is 9.72. The van der Waals surface area contributed by atoms with Crippen LogP contribution in [0.4, 0.5) is 0 Å². The Bertz CT molecular complexity index is 990. The van der Waals surface area contributed by atoms with Crippen molar-refractivity contribution in [2.45, 2.75) is 60.5 Å². The average molecular weight is 454 g/mol. The predicted molar refractivity (Wildman–Crippen MR) is 142 cm³/mol. The molecule has 1 saturated carbocycles. The Morgan fingerprint density at radius 2 is 1.74 bits per heavy atom. The molecule has 0 heterocycles. The molecule has 177 valence electrons. The van der Waals surface area contributed by atoms with Crippen LogP contribution in [-0.2, 0) is 16.1 Å². The molecule has 2 aliphatic rings. The van der Waals surface area contributed by atoms with Gasteiger partial charge in [0.05, 0.1) is 0 Å². The number of esters is 1. The van der Waals surface area contributed by atoms with Gasteiger partial charge >= 0.3 is 5.97 Å². The SMILES string of the molecule is CC1=C(/C=C/C(C)=C/C=C/C(C)=C/C(=O)OCc2ccc([C]3[CH][CH][CH][CH]3)cc2)C(C)(C)CCC1. The first-order valence-electron chi connectivity index (χ1n) is 12.1. The van der Waals surface area contributed by atoms with E-state index in [0.717, 1.165) is 16.7 Å². The standard InChI is InChI=1S/C32H37O2/c1-24(15-20-30-26(3)12-9-21-32(30,4)5)10-8-11-25(2)22-31(33)34-23-27-16-18-29(19-17-27)28-13-6-7-14-28/h6-8,10-11,13-20,22H,9,12,21,23H2,1-5H3/b11-8+,20-15+,24-10+,25-22+. The second-order valence-electron chi connectivity index (χ2n) is 9.90. The first-order valence-corrected chi connectivity index (χ1v) is 12.1. The van der Waals surface area contributed by atoms with Gasteiger partial charge in [-0.3, -0.25) is 0 Å². The Morgan fingerprint density at radius 1 is 1.03 bits per heavy atom. The van der Waals surface area contributed by atoms with Crippen LogP contribution in [-0.4, -0.2) is 5.97 Å². The van der Waals surface area contributed by atoms with Gasteiger partial charge in [-0.15, -0.1) is 0 Å². The van der Waals surface area contributed by atoms with Crippen LogP contribution in [0.3, 0.4) is 0 Å². The van der Waals surface area contributed by atoms with Crippen LogP contribution >= 0.6 is 0 Å². The topological polar surface area (TPSA) is 26.3 Å². The fourth-order valence-electron chi connectivity index (χ4n) is 4.42. The number of hydrogen-bond acceptors (Lipinski definition) is 2. The second-order valence-corrected chi connectivity index (χ2v) is 9.90. The Morgan fingerprint density at radius 3 is 2.41 bits per heavy atom. The maximum Gasteiger partial charge on any atom is 0.331 e. The lowest BCUT2D eigenvalue weighted by Gasteiger charge is -2.32. The quantitative estimate of drug-likeness (QED) is 0.226.